The molecule has 1 atom stereocenters. The zero-order valence-electron chi connectivity index (χ0n) is 11.9. The van der Waals surface area contributed by atoms with E-state index in [4.69, 9.17) is 13.6 Å². The molecule has 0 saturated heterocycles. The molecule has 0 heterocycles. The number of hydrogen-bond acceptors (Lipinski definition) is 4. The number of ether oxygens (including phenoxy) is 1. The van der Waals surface area contributed by atoms with E-state index < -0.39 is 22.6 Å². The van der Waals surface area contributed by atoms with Crippen molar-refractivity contribution in [3.63, 3.8) is 0 Å². The third-order valence-corrected chi connectivity index (χ3v) is 5.89. The van der Waals surface area contributed by atoms with E-state index in [-0.39, 0.29) is 5.91 Å². The second kappa shape index (κ2) is 7.39. The largest absolute Gasteiger partial charge is 0.463 e. The predicted octanol–water partition coefficient (Wildman–Crippen LogP) is 2.24. The van der Waals surface area contributed by atoms with Crippen molar-refractivity contribution in [2.24, 2.45) is 0 Å². The molecular formula is C11H23O4Si3. The highest BCUT2D eigenvalue weighted by Crippen LogP contribution is 2.16. The summed E-state index contributed by atoms with van der Waals surface area (Å²) >= 11 is 0. The fourth-order valence-corrected chi connectivity index (χ4v) is 5.29. The van der Waals surface area contributed by atoms with Gasteiger partial charge in [-0.25, -0.2) is 4.79 Å². The molecule has 18 heavy (non-hydrogen) atoms. The summed E-state index contributed by atoms with van der Waals surface area (Å²) in [5, 5.41) is 0. The Kier molecular flexibility index (Phi) is 7.30. The lowest BCUT2D eigenvalue weighted by atomic mass is 10.6. The summed E-state index contributed by atoms with van der Waals surface area (Å²) < 4.78 is 16.6. The summed E-state index contributed by atoms with van der Waals surface area (Å²) in [6, 6.07) is 0.725. The average molecular weight is 304 g/mol. The number of esters is 1. The van der Waals surface area contributed by atoms with Crippen molar-refractivity contribution in [2.45, 2.75) is 44.7 Å². The van der Waals surface area contributed by atoms with Crippen molar-refractivity contribution in [3.8, 4) is 0 Å². The van der Waals surface area contributed by atoms with E-state index >= 15 is 0 Å². The number of hydrogen-bond donors (Lipinski definition) is 0. The van der Waals surface area contributed by atoms with Gasteiger partial charge in [0.2, 0.25) is 0 Å². The lowest BCUT2D eigenvalue weighted by Crippen LogP contribution is -2.42. The molecule has 7 heteroatoms. The van der Waals surface area contributed by atoms with Crippen molar-refractivity contribution >= 4 is 32.8 Å². The molecule has 3 radical (unpaired) electrons. The van der Waals surface area contributed by atoms with Gasteiger partial charge < -0.3 is 13.6 Å². The molecule has 0 spiro atoms. The van der Waals surface area contributed by atoms with Crippen LogP contribution in [0.5, 0.6) is 0 Å². The van der Waals surface area contributed by atoms with Gasteiger partial charge >= 0.3 is 5.97 Å². The molecule has 0 aromatic heterocycles. The van der Waals surface area contributed by atoms with Crippen LogP contribution in [0, 0.1) is 0 Å². The second-order valence-electron chi connectivity index (χ2n) is 5.56. The summed E-state index contributed by atoms with van der Waals surface area (Å²) in [4.78, 5) is 10.9. The third kappa shape index (κ3) is 9.77. The van der Waals surface area contributed by atoms with Crippen LogP contribution in [0.4, 0.5) is 0 Å². The first-order valence-electron chi connectivity index (χ1n) is 5.92. The number of rotatable bonds is 8. The van der Waals surface area contributed by atoms with E-state index in [2.05, 4.69) is 49.6 Å². The van der Waals surface area contributed by atoms with E-state index in [9.17, 15) is 4.79 Å². The molecule has 1 unspecified atom stereocenters. The van der Waals surface area contributed by atoms with Crippen molar-refractivity contribution in [3.05, 3.63) is 12.7 Å². The zero-order chi connectivity index (χ0) is 14.4. The van der Waals surface area contributed by atoms with Gasteiger partial charge in [-0.2, -0.15) is 0 Å². The Labute approximate surface area is 115 Å². The molecule has 4 nitrogen and oxygen atoms in total. The Morgan fingerprint density at radius 3 is 2.28 bits per heavy atom. The van der Waals surface area contributed by atoms with Crippen LogP contribution < -0.4 is 0 Å². The van der Waals surface area contributed by atoms with E-state index in [1.165, 1.54) is 0 Å². The monoisotopic (exact) mass is 303 g/mol. The molecule has 0 aliphatic carbocycles. The van der Waals surface area contributed by atoms with Crippen LogP contribution in [0.15, 0.2) is 12.7 Å². The van der Waals surface area contributed by atoms with Crippen LogP contribution in [-0.4, -0.2) is 45.4 Å². The van der Waals surface area contributed by atoms with Crippen molar-refractivity contribution in [2.75, 3.05) is 6.61 Å². The molecule has 0 saturated carbocycles. The Balaban J connectivity index is 4.06. The molecule has 0 aromatic rings. The average Bonchev–Trinajstić information content (AvgIpc) is 2.12. The van der Waals surface area contributed by atoms with Gasteiger partial charge in [-0.3, -0.25) is 0 Å². The summed E-state index contributed by atoms with van der Waals surface area (Å²) in [5.74, 6) is -0.776. The number of carbonyl (C=O) groups is 1. The van der Waals surface area contributed by atoms with Gasteiger partial charge in [0.25, 0.3) is 0 Å². The summed E-state index contributed by atoms with van der Waals surface area (Å²) in [5.41, 5.74) is 0. The molecule has 0 N–H and O–H groups in total. The standard InChI is InChI=1S/C11H23O4Si3/c1-7-10(12)13-8-9-18(5,6)15-11(16)14-17(2,3)4/h7,11H,1,8-9H2,2-6H3. The van der Waals surface area contributed by atoms with E-state index in [1.807, 2.05) is 0 Å². The normalized spacial score (nSPS) is 14.1. The van der Waals surface area contributed by atoms with Crippen LogP contribution in [0.2, 0.25) is 38.8 Å². The van der Waals surface area contributed by atoms with Crippen LogP contribution in [-0.2, 0) is 18.4 Å². The van der Waals surface area contributed by atoms with Crippen LogP contribution in [0.3, 0.4) is 0 Å². The number of carbonyl (C=O) groups excluding carboxylic acids is 1. The van der Waals surface area contributed by atoms with Gasteiger partial charge in [-0.1, -0.05) is 6.58 Å². The fraction of sp³-hybridized carbons (Fsp3) is 0.727. The quantitative estimate of drug-likeness (QED) is 0.298. The Morgan fingerprint density at radius 2 is 1.83 bits per heavy atom. The van der Waals surface area contributed by atoms with Gasteiger partial charge in [0, 0.05) is 12.1 Å². The lowest BCUT2D eigenvalue weighted by Gasteiger charge is -2.31. The van der Waals surface area contributed by atoms with E-state index in [1.54, 1.807) is 0 Å². The van der Waals surface area contributed by atoms with E-state index in [0.29, 0.717) is 6.61 Å². The molecule has 0 fully saturated rings. The van der Waals surface area contributed by atoms with Crippen molar-refractivity contribution in [1.82, 2.24) is 0 Å². The van der Waals surface area contributed by atoms with Crippen molar-refractivity contribution < 1.29 is 18.4 Å². The summed E-state index contributed by atoms with van der Waals surface area (Å²) in [6.07, 6.45) is 1.16. The van der Waals surface area contributed by atoms with Gasteiger partial charge in [0.15, 0.2) is 16.6 Å². The lowest BCUT2D eigenvalue weighted by molar-refractivity contribution is -0.137. The maximum Gasteiger partial charge on any atom is 0.330 e. The highest BCUT2D eigenvalue weighted by atomic mass is 28.4. The summed E-state index contributed by atoms with van der Waals surface area (Å²) in [7, 11) is -0.0948. The molecule has 0 rings (SSSR count). The first kappa shape index (κ1) is 17.8. The van der Waals surface area contributed by atoms with Crippen LogP contribution >= 0.6 is 0 Å². The predicted molar refractivity (Wildman–Crippen MR) is 78.5 cm³/mol. The topological polar surface area (TPSA) is 44.8 Å². The highest BCUT2D eigenvalue weighted by molar-refractivity contribution is 6.72. The van der Waals surface area contributed by atoms with Gasteiger partial charge in [0.05, 0.1) is 6.61 Å². The SMILES string of the molecule is C=CC(=O)OCC[Si](C)(C)OC([Si])O[Si](C)(C)C. The first-order valence-corrected chi connectivity index (χ1v) is 13.0. The first-order chi connectivity index (χ1) is 8.06. The zero-order valence-corrected chi connectivity index (χ0v) is 14.9. The van der Waals surface area contributed by atoms with Gasteiger partial charge in [-0.15, -0.1) is 0 Å². The Bertz CT molecular complexity index is 287. The van der Waals surface area contributed by atoms with Crippen molar-refractivity contribution in [1.29, 1.82) is 0 Å². The molecule has 103 valence electrons. The maximum atomic E-state index is 10.9. The Hall–Kier alpha value is -0.219. The smallest absolute Gasteiger partial charge is 0.330 e. The molecule has 0 bridgehead atoms. The molecule has 0 aliphatic rings. The minimum atomic E-state index is -1.91. The van der Waals surface area contributed by atoms with Gasteiger partial charge in [-0.05, 0) is 32.7 Å². The highest BCUT2D eigenvalue weighted by Gasteiger charge is 2.28. The maximum absolute atomic E-state index is 10.9. The van der Waals surface area contributed by atoms with E-state index in [0.717, 1.165) is 12.1 Å². The molecule has 0 amide bonds. The van der Waals surface area contributed by atoms with Crippen LogP contribution in [0.25, 0.3) is 0 Å². The second-order valence-corrected chi connectivity index (χ2v) is 14.7. The minimum Gasteiger partial charge on any atom is -0.463 e. The Morgan fingerprint density at radius 1 is 1.28 bits per heavy atom. The summed E-state index contributed by atoms with van der Waals surface area (Å²) in [6.45, 7) is 14.1. The fourth-order valence-electron chi connectivity index (χ4n) is 1.15. The molecule has 0 aromatic carbocycles. The molecule has 0 aliphatic heterocycles. The third-order valence-electron chi connectivity index (χ3n) is 2.00. The minimum absolute atomic E-state index is 0.357. The van der Waals surface area contributed by atoms with Gasteiger partial charge in [0.1, 0.15) is 16.2 Å². The van der Waals surface area contributed by atoms with Crippen LogP contribution in [0.1, 0.15) is 0 Å². The molecular weight excluding hydrogens is 280 g/mol.